The summed E-state index contributed by atoms with van der Waals surface area (Å²) in [4.78, 5) is 14.0. The fourth-order valence-electron chi connectivity index (χ4n) is 4.06. The minimum atomic E-state index is 0.183. The first-order valence-corrected chi connectivity index (χ1v) is 12.1. The highest BCUT2D eigenvalue weighted by Gasteiger charge is 2.26. The molecule has 0 bridgehead atoms. The number of anilines is 4. The average molecular weight is 468 g/mol. The smallest absolute Gasteiger partial charge is 0.227 e. The SMILES string of the molecule is CC(C)c1cc(CNc2nc(Nc3cc(C4CC4)n[nH]3)cc(N3CCN(CCO)CC3)n2)on1. The predicted octanol–water partition coefficient (Wildman–Crippen LogP) is 2.66. The summed E-state index contributed by atoms with van der Waals surface area (Å²) in [5.74, 6) is 4.52. The van der Waals surface area contributed by atoms with Gasteiger partial charge in [0.15, 0.2) is 5.76 Å². The summed E-state index contributed by atoms with van der Waals surface area (Å²) in [6.07, 6.45) is 2.41. The van der Waals surface area contributed by atoms with Crippen LogP contribution in [0.4, 0.5) is 23.4 Å². The molecule has 2 aliphatic rings. The van der Waals surface area contributed by atoms with Gasteiger partial charge in [0.1, 0.15) is 17.5 Å². The molecule has 0 amide bonds. The van der Waals surface area contributed by atoms with E-state index in [1.54, 1.807) is 0 Å². The number of hydrogen-bond acceptors (Lipinski definition) is 10. The second-order valence-corrected chi connectivity index (χ2v) is 9.32. The molecule has 1 saturated heterocycles. The molecule has 0 radical (unpaired) electrons. The highest BCUT2D eigenvalue weighted by molar-refractivity contribution is 5.60. The molecule has 0 atom stereocenters. The minimum absolute atomic E-state index is 0.183. The van der Waals surface area contributed by atoms with Crippen LogP contribution in [-0.4, -0.2) is 74.7 Å². The van der Waals surface area contributed by atoms with Gasteiger partial charge in [-0.2, -0.15) is 15.1 Å². The monoisotopic (exact) mass is 467 g/mol. The lowest BCUT2D eigenvalue weighted by molar-refractivity contribution is 0.188. The van der Waals surface area contributed by atoms with Crippen molar-refractivity contribution >= 4 is 23.4 Å². The Labute approximate surface area is 198 Å². The Balaban J connectivity index is 1.33. The van der Waals surface area contributed by atoms with Gasteiger partial charge in [-0.25, -0.2) is 0 Å². The van der Waals surface area contributed by atoms with Gasteiger partial charge in [-0.05, 0) is 18.8 Å². The van der Waals surface area contributed by atoms with Crippen LogP contribution >= 0.6 is 0 Å². The maximum absolute atomic E-state index is 9.23. The zero-order chi connectivity index (χ0) is 23.5. The number of aromatic amines is 1. The maximum Gasteiger partial charge on any atom is 0.227 e. The van der Waals surface area contributed by atoms with E-state index in [2.05, 4.69) is 60.7 Å². The summed E-state index contributed by atoms with van der Waals surface area (Å²) in [5.41, 5.74) is 2.03. The van der Waals surface area contributed by atoms with Crippen LogP contribution in [0.15, 0.2) is 22.7 Å². The molecule has 0 aromatic carbocycles. The Bertz CT molecular complexity index is 1080. The van der Waals surface area contributed by atoms with E-state index < -0.39 is 0 Å². The van der Waals surface area contributed by atoms with E-state index in [4.69, 9.17) is 9.51 Å². The van der Waals surface area contributed by atoms with E-state index in [-0.39, 0.29) is 6.61 Å². The Kier molecular flexibility index (Phi) is 6.63. The summed E-state index contributed by atoms with van der Waals surface area (Å²) >= 11 is 0. The van der Waals surface area contributed by atoms with E-state index in [0.717, 1.165) is 55.0 Å². The Morgan fingerprint density at radius 1 is 1.15 bits per heavy atom. The molecule has 5 rings (SSSR count). The number of aromatic nitrogens is 5. The van der Waals surface area contributed by atoms with E-state index >= 15 is 0 Å². The molecule has 3 aromatic heterocycles. The number of aliphatic hydroxyl groups excluding tert-OH is 1. The van der Waals surface area contributed by atoms with Crippen LogP contribution < -0.4 is 15.5 Å². The van der Waals surface area contributed by atoms with Gasteiger partial charge in [-0.3, -0.25) is 10.00 Å². The third-order valence-corrected chi connectivity index (χ3v) is 6.27. The molecule has 11 nitrogen and oxygen atoms in total. The van der Waals surface area contributed by atoms with Gasteiger partial charge in [0.05, 0.1) is 24.5 Å². The summed E-state index contributed by atoms with van der Waals surface area (Å²) in [6, 6.07) is 5.99. The number of H-pyrrole nitrogens is 1. The maximum atomic E-state index is 9.23. The van der Waals surface area contributed by atoms with Crippen LogP contribution in [0.25, 0.3) is 0 Å². The van der Waals surface area contributed by atoms with Crippen LogP contribution in [0, 0.1) is 0 Å². The molecule has 2 fully saturated rings. The number of aliphatic hydroxyl groups is 1. The van der Waals surface area contributed by atoms with Crippen LogP contribution in [0.1, 0.15) is 55.7 Å². The summed E-state index contributed by atoms with van der Waals surface area (Å²) in [7, 11) is 0. The Morgan fingerprint density at radius 3 is 2.68 bits per heavy atom. The quantitative estimate of drug-likeness (QED) is 0.353. The van der Waals surface area contributed by atoms with Gasteiger partial charge >= 0.3 is 0 Å². The third kappa shape index (κ3) is 5.48. The molecule has 4 heterocycles. The third-order valence-electron chi connectivity index (χ3n) is 6.27. The van der Waals surface area contributed by atoms with Crippen molar-refractivity contribution in [2.45, 2.75) is 45.1 Å². The molecule has 1 saturated carbocycles. The molecule has 0 spiro atoms. The standard InChI is InChI=1S/C23H33N9O2/c1-15(2)18-11-17(34-30-18)14-24-23-26-20(25-21-12-19(28-29-21)16-3-4-16)13-22(27-23)32-7-5-31(6-8-32)9-10-33/h11-13,15-16,33H,3-10,14H2,1-2H3,(H3,24,25,26,27,28,29). The molecule has 182 valence electrons. The molecule has 1 aliphatic carbocycles. The number of β-amino-alcohol motifs (C(OH)–C–C–N with tert-alkyl or cyclic N) is 1. The van der Waals surface area contributed by atoms with Crippen molar-refractivity contribution in [2.24, 2.45) is 0 Å². The predicted molar refractivity (Wildman–Crippen MR) is 130 cm³/mol. The van der Waals surface area contributed by atoms with Gasteiger partial charge in [-0.1, -0.05) is 19.0 Å². The van der Waals surface area contributed by atoms with Crippen LogP contribution in [0.2, 0.25) is 0 Å². The van der Waals surface area contributed by atoms with Crippen molar-refractivity contribution < 1.29 is 9.63 Å². The summed E-state index contributed by atoms with van der Waals surface area (Å²) in [5, 5.41) is 27.5. The zero-order valence-electron chi connectivity index (χ0n) is 19.8. The van der Waals surface area contributed by atoms with Crippen molar-refractivity contribution in [3.8, 4) is 0 Å². The molecule has 1 aliphatic heterocycles. The van der Waals surface area contributed by atoms with E-state index in [0.29, 0.717) is 36.7 Å². The van der Waals surface area contributed by atoms with Crippen molar-refractivity contribution in [1.29, 1.82) is 0 Å². The first kappa shape index (κ1) is 22.6. The molecular formula is C23H33N9O2. The Hall–Kier alpha value is -3.18. The number of nitrogens with zero attached hydrogens (tertiary/aromatic N) is 6. The summed E-state index contributed by atoms with van der Waals surface area (Å²) < 4.78 is 5.45. The molecule has 3 aromatic rings. The van der Waals surface area contributed by atoms with E-state index in [9.17, 15) is 5.11 Å². The fraction of sp³-hybridized carbons (Fsp3) is 0.565. The van der Waals surface area contributed by atoms with Gasteiger partial charge in [0.2, 0.25) is 5.95 Å². The molecule has 11 heteroatoms. The average Bonchev–Trinajstić information content (AvgIpc) is 3.38. The van der Waals surface area contributed by atoms with Crippen molar-refractivity contribution in [3.05, 3.63) is 35.3 Å². The molecule has 4 N–H and O–H groups in total. The highest BCUT2D eigenvalue weighted by Crippen LogP contribution is 2.39. The van der Waals surface area contributed by atoms with Crippen molar-refractivity contribution in [2.75, 3.05) is 54.9 Å². The van der Waals surface area contributed by atoms with Crippen molar-refractivity contribution in [3.63, 3.8) is 0 Å². The topological polar surface area (TPSA) is 131 Å². The zero-order valence-corrected chi connectivity index (χ0v) is 19.8. The largest absolute Gasteiger partial charge is 0.395 e. The van der Waals surface area contributed by atoms with E-state index in [1.165, 1.54) is 12.8 Å². The van der Waals surface area contributed by atoms with Crippen LogP contribution in [0.5, 0.6) is 0 Å². The molecular weight excluding hydrogens is 434 g/mol. The normalized spacial score (nSPS) is 16.9. The van der Waals surface area contributed by atoms with E-state index in [1.807, 2.05) is 12.1 Å². The highest BCUT2D eigenvalue weighted by atomic mass is 16.5. The van der Waals surface area contributed by atoms with Crippen LogP contribution in [0.3, 0.4) is 0 Å². The van der Waals surface area contributed by atoms with Gasteiger partial charge in [0, 0.05) is 56.8 Å². The molecule has 34 heavy (non-hydrogen) atoms. The fourth-order valence-corrected chi connectivity index (χ4v) is 4.06. The number of piperazine rings is 1. The first-order chi connectivity index (χ1) is 16.6. The second kappa shape index (κ2) is 9.98. The first-order valence-electron chi connectivity index (χ1n) is 12.1. The van der Waals surface area contributed by atoms with Gasteiger partial charge in [0.25, 0.3) is 0 Å². The van der Waals surface area contributed by atoms with Gasteiger partial charge in [-0.15, -0.1) is 0 Å². The lowest BCUT2D eigenvalue weighted by Crippen LogP contribution is -2.47. The number of hydrogen-bond donors (Lipinski definition) is 4. The number of nitrogens with one attached hydrogen (secondary N) is 3. The summed E-state index contributed by atoms with van der Waals surface area (Å²) in [6.45, 7) is 8.96. The Morgan fingerprint density at radius 2 is 1.97 bits per heavy atom. The second-order valence-electron chi connectivity index (χ2n) is 9.32. The van der Waals surface area contributed by atoms with Crippen LogP contribution in [-0.2, 0) is 6.54 Å². The van der Waals surface area contributed by atoms with Crippen molar-refractivity contribution in [1.82, 2.24) is 30.2 Å². The lowest BCUT2D eigenvalue weighted by atomic mass is 10.1. The lowest BCUT2D eigenvalue weighted by Gasteiger charge is -2.35. The number of rotatable bonds is 10. The van der Waals surface area contributed by atoms with Gasteiger partial charge < -0.3 is 25.2 Å². The minimum Gasteiger partial charge on any atom is -0.395 e. The molecule has 0 unspecified atom stereocenters.